The molecule has 0 bridgehead atoms. The van der Waals surface area contributed by atoms with E-state index in [1.54, 1.807) is 6.08 Å². The number of nitrogens with zero attached hydrogens (tertiary/aromatic N) is 4. The molecule has 4 aromatic rings. The van der Waals surface area contributed by atoms with Crippen LogP contribution in [0.5, 0.6) is 0 Å². The van der Waals surface area contributed by atoms with Crippen molar-refractivity contribution in [1.29, 1.82) is 0 Å². The third kappa shape index (κ3) is 5.16. The molecule has 2 aliphatic rings. The Morgan fingerprint density at radius 2 is 1.73 bits per heavy atom. The average molecular weight is 509 g/mol. The van der Waals surface area contributed by atoms with Crippen molar-refractivity contribution >= 4 is 39.4 Å². The van der Waals surface area contributed by atoms with Gasteiger partial charge in [-0.15, -0.1) is 11.3 Å². The topological polar surface area (TPSA) is 49.3 Å². The number of aromatic nitrogens is 2. The number of piperazine rings is 1. The smallest absolute Gasteiger partial charge is 0.246 e. The highest BCUT2D eigenvalue weighted by molar-refractivity contribution is 7.19. The number of thiophene rings is 1. The van der Waals surface area contributed by atoms with Gasteiger partial charge in [0, 0.05) is 43.6 Å². The third-order valence-electron chi connectivity index (χ3n) is 7.50. The third-order valence-corrected chi connectivity index (χ3v) is 8.64. The van der Waals surface area contributed by atoms with Gasteiger partial charge in [-0.25, -0.2) is 9.97 Å². The number of fused-ring (bicyclic) bond motifs is 3. The van der Waals surface area contributed by atoms with E-state index in [9.17, 15) is 4.79 Å². The Kier molecular flexibility index (Phi) is 6.75. The Morgan fingerprint density at radius 3 is 2.49 bits per heavy atom. The van der Waals surface area contributed by atoms with Crippen LogP contribution in [0.3, 0.4) is 0 Å². The van der Waals surface area contributed by atoms with E-state index in [2.05, 4.69) is 36.1 Å². The van der Waals surface area contributed by atoms with Crippen molar-refractivity contribution in [3.8, 4) is 0 Å². The maximum Gasteiger partial charge on any atom is 0.246 e. The van der Waals surface area contributed by atoms with Crippen molar-refractivity contribution in [2.24, 2.45) is 5.92 Å². The summed E-state index contributed by atoms with van der Waals surface area (Å²) in [4.78, 5) is 30.0. The fourth-order valence-corrected chi connectivity index (χ4v) is 6.82. The Hall–Kier alpha value is -3.51. The molecule has 1 aliphatic heterocycles. The maximum absolute atomic E-state index is 12.9. The Labute approximate surface area is 222 Å². The first-order chi connectivity index (χ1) is 18.1. The predicted octanol–water partition coefficient (Wildman–Crippen LogP) is 5.77. The molecular weight excluding hydrogens is 476 g/mol. The first kappa shape index (κ1) is 23.9. The normalized spacial score (nSPS) is 17.9. The van der Waals surface area contributed by atoms with E-state index in [0.717, 1.165) is 60.3 Å². The lowest BCUT2D eigenvalue weighted by molar-refractivity contribution is -0.126. The molecule has 5 nitrogen and oxygen atoms in total. The highest BCUT2D eigenvalue weighted by Crippen LogP contribution is 2.41. The molecule has 37 heavy (non-hydrogen) atoms. The highest BCUT2D eigenvalue weighted by Gasteiger charge is 2.28. The number of carbonyl (C=O) groups excluding carboxylic acids is 1. The minimum atomic E-state index is 0.0722. The summed E-state index contributed by atoms with van der Waals surface area (Å²) in [6.45, 7) is 5.30. The predicted molar refractivity (Wildman–Crippen MR) is 152 cm³/mol. The Morgan fingerprint density at radius 1 is 1.00 bits per heavy atom. The minimum Gasteiger partial charge on any atom is -0.352 e. The molecule has 1 fully saturated rings. The lowest BCUT2D eigenvalue weighted by Crippen LogP contribution is -2.48. The summed E-state index contributed by atoms with van der Waals surface area (Å²) in [7, 11) is 0. The van der Waals surface area contributed by atoms with Crippen molar-refractivity contribution < 1.29 is 4.79 Å². The lowest BCUT2D eigenvalue weighted by Gasteiger charge is -2.35. The van der Waals surface area contributed by atoms with Crippen molar-refractivity contribution in [3.05, 3.63) is 94.1 Å². The molecule has 0 spiro atoms. The Balaban J connectivity index is 1.26. The van der Waals surface area contributed by atoms with Gasteiger partial charge in [0.25, 0.3) is 0 Å². The molecule has 6 rings (SSSR count). The zero-order chi connectivity index (χ0) is 25.2. The van der Waals surface area contributed by atoms with Crippen LogP contribution in [0.25, 0.3) is 16.3 Å². The second-order valence-corrected chi connectivity index (χ2v) is 11.3. The van der Waals surface area contributed by atoms with Crippen molar-refractivity contribution in [1.82, 2.24) is 14.9 Å². The van der Waals surface area contributed by atoms with Crippen LogP contribution in [-0.2, 0) is 24.1 Å². The summed E-state index contributed by atoms with van der Waals surface area (Å²) >= 11 is 1.86. The number of rotatable bonds is 5. The molecule has 2 aromatic heterocycles. The number of aryl methyl sites for hydroxylation is 1. The lowest BCUT2D eigenvalue weighted by atomic mass is 9.89. The second kappa shape index (κ2) is 10.5. The standard InChI is InChI=1S/C31H32N4OS/c1-22-12-14-25-26(20-22)37-31-29(25)30(32-27(33-31)21-24-10-6-3-7-11-24)35-18-16-34(17-19-35)28(36)15-13-23-8-4-2-5-9-23/h2-11,13,15,22H,12,14,16-21H2,1H3/b15-13+. The van der Waals surface area contributed by atoms with Gasteiger partial charge in [-0.3, -0.25) is 4.79 Å². The van der Waals surface area contributed by atoms with E-state index >= 15 is 0 Å². The Bertz CT molecular complexity index is 1420. The van der Waals surface area contributed by atoms with E-state index in [1.807, 2.05) is 58.7 Å². The van der Waals surface area contributed by atoms with E-state index in [1.165, 1.54) is 27.8 Å². The fourth-order valence-electron chi connectivity index (χ4n) is 5.43. The first-order valence-corrected chi connectivity index (χ1v) is 14.1. The number of amides is 1. The zero-order valence-corrected chi connectivity index (χ0v) is 22.1. The van der Waals surface area contributed by atoms with Gasteiger partial charge in [-0.1, -0.05) is 67.6 Å². The SMILES string of the molecule is CC1CCc2c(sc3nc(Cc4ccccc4)nc(N4CCN(C(=O)/C=C/c5ccccc5)CC4)c23)C1. The summed E-state index contributed by atoms with van der Waals surface area (Å²) < 4.78 is 0. The molecule has 2 aromatic carbocycles. The van der Waals surface area contributed by atoms with Gasteiger partial charge in [-0.2, -0.15) is 0 Å². The van der Waals surface area contributed by atoms with E-state index < -0.39 is 0 Å². The number of hydrogen-bond acceptors (Lipinski definition) is 5. The molecule has 0 radical (unpaired) electrons. The van der Waals surface area contributed by atoms with Gasteiger partial charge in [0.15, 0.2) is 0 Å². The molecule has 1 atom stereocenters. The van der Waals surface area contributed by atoms with E-state index in [-0.39, 0.29) is 5.91 Å². The molecular formula is C31H32N4OS. The van der Waals surface area contributed by atoms with Crippen LogP contribution < -0.4 is 4.90 Å². The summed E-state index contributed by atoms with van der Waals surface area (Å²) in [5.41, 5.74) is 3.73. The molecule has 6 heteroatoms. The fraction of sp³-hybridized carbons (Fsp3) is 0.323. The highest BCUT2D eigenvalue weighted by atomic mass is 32.1. The van der Waals surface area contributed by atoms with Gasteiger partial charge in [-0.05, 0) is 47.9 Å². The molecule has 1 aliphatic carbocycles. The second-order valence-electron chi connectivity index (χ2n) is 10.2. The number of benzene rings is 2. The minimum absolute atomic E-state index is 0.0722. The monoisotopic (exact) mass is 508 g/mol. The molecule has 1 amide bonds. The number of carbonyl (C=O) groups is 1. The van der Waals surface area contributed by atoms with Crippen LogP contribution in [0.1, 0.15) is 40.7 Å². The summed E-state index contributed by atoms with van der Waals surface area (Å²) in [6, 6.07) is 20.5. The number of anilines is 1. The largest absolute Gasteiger partial charge is 0.352 e. The molecule has 188 valence electrons. The molecule has 0 N–H and O–H groups in total. The van der Waals surface area contributed by atoms with Crippen LogP contribution >= 0.6 is 11.3 Å². The van der Waals surface area contributed by atoms with Crippen LogP contribution in [-0.4, -0.2) is 47.0 Å². The first-order valence-electron chi connectivity index (χ1n) is 13.3. The summed E-state index contributed by atoms with van der Waals surface area (Å²) in [5.74, 6) is 2.74. The van der Waals surface area contributed by atoms with Gasteiger partial charge in [0.05, 0.1) is 5.39 Å². The van der Waals surface area contributed by atoms with Crippen molar-refractivity contribution in [2.45, 2.75) is 32.6 Å². The maximum atomic E-state index is 12.9. The van der Waals surface area contributed by atoms with Crippen LogP contribution in [0, 0.1) is 5.92 Å². The van der Waals surface area contributed by atoms with Crippen molar-refractivity contribution in [3.63, 3.8) is 0 Å². The van der Waals surface area contributed by atoms with Gasteiger partial charge >= 0.3 is 0 Å². The van der Waals surface area contributed by atoms with E-state index in [0.29, 0.717) is 13.1 Å². The van der Waals surface area contributed by atoms with Crippen LogP contribution in [0.2, 0.25) is 0 Å². The van der Waals surface area contributed by atoms with Crippen molar-refractivity contribution in [2.75, 3.05) is 31.1 Å². The van der Waals surface area contributed by atoms with Gasteiger partial charge in [0.2, 0.25) is 5.91 Å². The molecule has 1 unspecified atom stereocenters. The van der Waals surface area contributed by atoms with Crippen LogP contribution in [0.4, 0.5) is 5.82 Å². The average Bonchev–Trinajstić information content (AvgIpc) is 3.30. The summed E-state index contributed by atoms with van der Waals surface area (Å²) in [6.07, 6.45) is 7.79. The molecule has 3 heterocycles. The summed E-state index contributed by atoms with van der Waals surface area (Å²) in [5, 5.41) is 1.26. The quantitative estimate of drug-likeness (QED) is 0.321. The van der Waals surface area contributed by atoms with Crippen LogP contribution in [0.15, 0.2) is 66.7 Å². The number of hydrogen-bond donors (Lipinski definition) is 0. The van der Waals surface area contributed by atoms with Gasteiger partial charge < -0.3 is 9.80 Å². The molecule has 1 saturated heterocycles. The van der Waals surface area contributed by atoms with E-state index in [4.69, 9.17) is 9.97 Å². The zero-order valence-electron chi connectivity index (χ0n) is 21.3. The van der Waals surface area contributed by atoms with Gasteiger partial charge in [0.1, 0.15) is 16.5 Å². The molecule has 0 saturated carbocycles.